The summed E-state index contributed by atoms with van der Waals surface area (Å²) in [6.07, 6.45) is -0.567. The minimum absolute atomic E-state index is 0.0715. The van der Waals surface area contributed by atoms with E-state index in [0.29, 0.717) is 17.3 Å². The normalized spacial score (nSPS) is 17.1. The molecule has 0 radical (unpaired) electrons. The van der Waals surface area contributed by atoms with E-state index in [9.17, 15) is 9.59 Å². The van der Waals surface area contributed by atoms with Gasteiger partial charge in [0, 0.05) is 16.4 Å². The van der Waals surface area contributed by atoms with Crippen molar-refractivity contribution in [1.29, 1.82) is 0 Å². The van der Waals surface area contributed by atoms with Crippen LogP contribution in [0, 0.1) is 0 Å². The van der Waals surface area contributed by atoms with Gasteiger partial charge in [-0.15, -0.1) is 11.8 Å². The minimum atomic E-state index is -0.616. The Morgan fingerprint density at radius 3 is 2.81 bits per heavy atom. The summed E-state index contributed by atoms with van der Waals surface area (Å²) < 4.78 is 5.15. The molecular weight excluding hydrogens is 294 g/mol. The van der Waals surface area contributed by atoms with Gasteiger partial charge in [0.15, 0.2) is 0 Å². The van der Waals surface area contributed by atoms with E-state index in [1.165, 1.54) is 16.7 Å². The summed E-state index contributed by atoms with van der Waals surface area (Å²) in [5.74, 6) is 0.351. The van der Waals surface area contributed by atoms with Crippen molar-refractivity contribution in [3.05, 3.63) is 40.3 Å². The van der Waals surface area contributed by atoms with Crippen molar-refractivity contribution in [2.45, 2.75) is 12.6 Å². The highest BCUT2D eigenvalue weighted by Gasteiger charge is 2.34. The molecule has 1 saturated heterocycles. The molecule has 1 atom stereocenters. The number of hydrogen-bond donors (Lipinski definition) is 1. The van der Waals surface area contributed by atoms with Gasteiger partial charge in [-0.05, 0) is 11.1 Å². The number of carbonyl (C=O) groups excluding carboxylic acids is 2. The lowest BCUT2D eigenvalue weighted by Gasteiger charge is -2.20. The van der Waals surface area contributed by atoms with E-state index in [4.69, 9.17) is 16.0 Å². The van der Waals surface area contributed by atoms with E-state index in [1.807, 2.05) is 0 Å². The summed E-state index contributed by atoms with van der Waals surface area (Å²) >= 11 is 1.45. The molecule has 0 spiro atoms. The standard InChI is InChI=1S/C12H13N5O3S/c13-11(18)10-6-21-7-17(10)12(19)20-5-8-1-3-9(4-2-8)15-16-14/h1-4,10H,5-7H2,(H2,13,18)/t10-/m0/s1. The number of thioether (sulfide) groups is 1. The fourth-order valence-corrected chi connectivity index (χ4v) is 2.95. The van der Waals surface area contributed by atoms with Crippen LogP contribution in [0.1, 0.15) is 5.56 Å². The maximum atomic E-state index is 11.9. The van der Waals surface area contributed by atoms with Gasteiger partial charge in [-0.3, -0.25) is 9.69 Å². The molecule has 2 rings (SSSR count). The van der Waals surface area contributed by atoms with Crippen molar-refractivity contribution in [3.63, 3.8) is 0 Å². The van der Waals surface area contributed by atoms with Gasteiger partial charge >= 0.3 is 6.09 Å². The van der Waals surface area contributed by atoms with Crippen LogP contribution in [0.4, 0.5) is 10.5 Å². The number of nitrogens with two attached hydrogens (primary N) is 1. The topological polar surface area (TPSA) is 121 Å². The average molecular weight is 307 g/mol. The first kappa shape index (κ1) is 15.0. The Hall–Kier alpha value is -2.38. The molecule has 2 N–H and O–H groups in total. The SMILES string of the molecule is [N-]=[N+]=Nc1ccc(COC(=O)N2CSC[C@H]2C(N)=O)cc1. The van der Waals surface area contributed by atoms with E-state index >= 15 is 0 Å². The number of primary amides is 1. The molecule has 1 aliphatic rings. The van der Waals surface area contributed by atoms with Gasteiger partial charge in [-0.2, -0.15) is 0 Å². The first-order valence-corrected chi connectivity index (χ1v) is 7.22. The lowest BCUT2D eigenvalue weighted by molar-refractivity contribution is -0.121. The van der Waals surface area contributed by atoms with Crippen LogP contribution in [-0.4, -0.2) is 34.6 Å². The molecule has 1 aliphatic heterocycles. The number of benzene rings is 1. The van der Waals surface area contributed by atoms with Crippen LogP contribution in [0.2, 0.25) is 0 Å². The van der Waals surface area contributed by atoms with Crippen LogP contribution in [0.25, 0.3) is 10.4 Å². The Morgan fingerprint density at radius 1 is 1.48 bits per heavy atom. The number of nitrogens with zero attached hydrogens (tertiary/aromatic N) is 4. The lowest BCUT2D eigenvalue weighted by Crippen LogP contribution is -2.45. The zero-order valence-electron chi connectivity index (χ0n) is 11.0. The quantitative estimate of drug-likeness (QED) is 0.520. The third-order valence-corrected chi connectivity index (χ3v) is 3.92. The Kier molecular flexibility index (Phi) is 4.91. The Labute approximate surface area is 124 Å². The largest absolute Gasteiger partial charge is 0.445 e. The molecule has 0 bridgehead atoms. The molecule has 0 aliphatic carbocycles. The predicted octanol–water partition coefficient (Wildman–Crippen LogP) is 2.13. The Morgan fingerprint density at radius 2 is 2.19 bits per heavy atom. The highest BCUT2D eigenvalue weighted by Crippen LogP contribution is 2.22. The van der Waals surface area contributed by atoms with E-state index in [2.05, 4.69) is 10.0 Å². The number of carbonyl (C=O) groups is 2. The van der Waals surface area contributed by atoms with Crippen molar-refractivity contribution in [1.82, 2.24) is 4.90 Å². The molecule has 1 aromatic carbocycles. The van der Waals surface area contributed by atoms with Crippen molar-refractivity contribution >= 4 is 29.4 Å². The molecule has 110 valence electrons. The molecule has 1 fully saturated rings. The third kappa shape index (κ3) is 3.80. The second-order valence-electron chi connectivity index (χ2n) is 4.30. The molecule has 9 heteroatoms. The highest BCUT2D eigenvalue weighted by atomic mass is 32.2. The van der Waals surface area contributed by atoms with Gasteiger partial charge in [0.1, 0.15) is 12.6 Å². The van der Waals surface area contributed by atoms with Crippen LogP contribution in [0.5, 0.6) is 0 Å². The van der Waals surface area contributed by atoms with Crippen LogP contribution in [-0.2, 0) is 16.1 Å². The molecule has 0 saturated carbocycles. The summed E-state index contributed by atoms with van der Waals surface area (Å²) in [5.41, 5.74) is 14.8. The first-order chi connectivity index (χ1) is 10.1. The van der Waals surface area contributed by atoms with E-state index in [1.54, 1.807) is 24.3 Å². The molecule has 2 amide bonds. The first-order valence-electron chi connectivity index (χ1n) is 6.06. The zero-order valence-corrected chi connectivity index (χ0v) is 11.8. The molecule has 8 nitrogen and oxygen atoms in total. The maximum Gasteiger partial charge on any atom is 0.411 e. The smallest absolute Gasteiger partial charge is 0.411 e. The fourth-order valence-electron chi connectivity index (χ4n) is 1.80. The van der Waals surface area contributed by atoms with Crippen LogP contribution in [0.3, 0.4) is 0 Å². The molecule has 21 heavy (non-hydrogen) atoms. The Bertz CT molecular complexity index is 585. The van der Waals surface area contributed by atoms with Crippen molar-refractivity contribution < 1.29 is 14.3 Å². The van der Waals surface area contributed by atoms with Gasteiger partial charge in [0.05, 0.1) is 5.88 Å². The van der Waals surface area contributed by atoms with Gasteiger partial charge in [-0.1, -0.05) is 29.4 Å². The average Bonchev–Trinajstić information content (AvgIpc) is 2.96. The van der Waals surface area contributed by atoms with Crippen LogP contribution in [0.15, 0.2) is 29.4 Å². The van der Waals surface area contributed by atoms with E-state index < -0.39 is 18.0 Å². The molecule has 0 unspecified atom stereocenters. The number of ether oxygens (including phenoxy) is 1. The summed E-state index contributed by atoms with van der Waals surface area (Å²) in [5, 5.41) is 3.45. The fraction of sp³-hybridized carbons (Fsp3) is 0.333. The lowest BCUT2D eigenvalue weighted by atomic mass is 10.2. The van der Waals surface area contributed by atoms with Gasteiger partial charge < -0.3 is 10.5 Å². The third-order valence-electron chi connectivity index (χ3n) is 2.90. The van der Waals surface area contributed by atoms with Crippen LogP contribution < -0.4 is 5.73 Å². The second-order valence-corrected chi connectivity index (χ2v) is 5.30. The zero-order chi connectivity index (χ0) is 15.2. The van der Waals surface area contributed by atoms with Crippen molar-refractivity contribution in [2.24, 2.45) is 10.8 Å². The summed E-state index contributed by atoms with van der Waals surface area (Å²) in [6, 6.07) is 6.03. The summed E-state index contributed by atoms with van der Waals surface area (Å²) in [6.45, 7) is 0.0715. The molecule has 1 aromatic rings. The van der Waals surface area contributed by atoms with E-state index in [-0.39, 0.29) is 6.61 Å². The van der Waals surface area contributed by atoms with Gasteiger partial charge in [0.25, 0.3) is 0 Å². The number of azide groups is 1. The number of rotatable bonds is 4. The molecule has 1 heterocycles. The van der Waals surface area contributed by atoms with Gasteiger partial charge in [0.2, 0.25) is 5.91 Å². The number of amides is 2. The van der Waals surface area contributed by atoms with E-state index in [0.717, 1.165) is 5.56 Å². The Balaban J connectivity index is 1.91. The van der Waals surface area contributed by atoms with Gasteiger partial charge in [-0.25, -0.2) is 4.79 Å². The minimum Gasteiger partial charge on any atom is -0.445 e. The highest BCUT2D eigenvalue weighted by molar-refractivity contribution is 7.99. The molecular formula is C12H13N5O3S. The maximum absolute atomic E-state index is 11.9. The monoisotopic (exact) mass is 307 g/mol. The number of hydrogen-bond acceptors (Lipinski definition) is 5. The second kappa shape index (κ2) is 6.87. The summed E-state index contributed by atoms with van der Waals surface area (Å²) in [4.78, 5) is 27.1. The summed E-state index contributed by atoms with van der Waals surface area (Å²) in [7, 11) is 0. The molecule has 0 aromatic heterocycles. The van der Waals surface area contributed by atoms with Crippen molar-refractivity contribution in [3.8, 4) is 0 Å². The van der Waals surface area contributed by atoms with Crippen LogP contribution >= 0.6 is 11.8 Å². The predicted molar refractivity (Wildman–Crippen MR) is 77.6 cm³/mol. The van der Waals surface area contributed by atoms with Crippen molar-refractivity contribution in [2.75, 3.05) is 11.6 Å².